The number of hydrogen-bond donors (Lipinski definition) is 1. The maximum atomic E-state index is 6.52. The van der Waals surface area contributed by atoms with Crippen molar-refractivity contribution in [3.8, 4) is 0 Å². The summed E-state index contributed by atoms with van der Waals surface area (Å²) < 4.78 is 1.15. The summed E-state index contributed by atoms with van der Waals surface area (Å²) >= 11 is 3.61. The maximum Gasteiger partial charge on any atom is 0.0431 e. The highest BCUT2D eigenvalue weighted by Crippen LogP contribution is 2.57. The fourth-order valence-electron chi connectivity index (χ4n) is 3.09. The smallest absolute Gasteiger partial charge is 0.0431 e. The van der Waals surface area contributed by atoms with Crippen LogP contribution in [0.5, 0.6) is 0 Å². The highest BCUT2D eigenvalue weighted by atomic mass is 79.9. The molecule has 1 aliphatic rings. The third kappa shape index (κ3) is 1.82. The van der Waals surface area contributed by atoms with Crippen LogP contribution in [0.2, 0.25) is 0 Å². The highest BCUT2D eigenvalue weighted by Gasteiger charge is 2.51. The van der Waals surface area contributed by atoms with Crippen LogP contribution >= 0.6 is 15.9 Å². The zero-order valence-electron chi connectivity index (χ0n) is 10.1. The van der Waals surface area contributed by atoms with E-state index in [9.17, 15) is 0 Å². The van der Waals surface area contributed by atoms with E-state index in [4.69, 9.17) is 5.73 Å². The Morgan fingerprint density at radius 3 is 2.25 bits per heavy atom. The van der Waals surface area contributed by atoms with Gasteiger partial charge in [0.15, 0.2) is 0 Å². The molecule has 0 spiro atoms. The number of benzene rings is 1. The first-order valence-corrected chi connectivity index (χ1v) is 6.88. The number of rotatable bonds is 3. The molecule has 1 aromatic rings. The van der Waals surface area contributed by atoms with Gasteiger partial charge in [0.1, 0.15) is 0 Å². The van der Waals surface area contributed by atoms with Crippen molar-refractivity contribution in [2.75, 3.05) is 0 Å². The van der Waals surface area contributed by atoms with Gasteiger partial charge in [-0.2, -0.15) is 0 Å². The molecule has 1 fully saturated rings. The van der Waals surface area contributed by atoms with Crippen LogP contribution in [0.3, 0.4) is 0 Å². The molecule has 0 radical (unpaired) electrons. The number of hydrogen-bond acceptors (Lipinski definition) is 1. The van der Waals surface area contributed by atoms with E-state index in [0.29, 0.717) is 5.41 Å². The third-order valence-electron chi connectivity index (χ3n) is 4.29. The highest BCUT2D eigenvalue weighted by molar-refractivity contribution is 9.10. The van der Waals surface area contributed by atoms with Gasteiger partial charge in [0.25, 0.3) is 0 Å². The first kappa shape index (κ1) is 12.1. The molecule has 1 aromatic carbocycles. The largest absolute Gasteiger partial charge is 0.321 e. The molecular formula is C14H20BrN. The second-order valence-corrected chi connectivity index (χ2v) is 6.05. The Labute approximate surface area is 107 Å². The lowest BCUT2D eigenvalue weighted by Gasteiger charge is -2.55. The van der Waals surface area contributed by atoms with E-state index in [1.165, 1.54) is 18.4 Å². The predicted octanol–water partition coefficient (Wildman–Crippen LogP) is 4.20. The molecule has 0 aromatic heterocycles. The quantitative estimate of drug-likeness (QED) is 0.883. The van der Waals surface area contributed by atoms with E-state index in [0.717, 1.165) is 17.3 Å². The van der Waals surface area contributed by atoms with Crippen molar-refractivity contribution in [1.82, 2.24) is 0 Å². The van der Waals surface area contributed by atoms with Crippen molar-refractivity contribution in [3.05, 3.63) is 34.3 Å². The van der Waals surface area contributed by atoms with Gasteiger partial charge in [0.05, 0.1) is 0 Å². The molecule has 2 rings (SSSR count). The van der Waals surface area contributed by atoms with E-state index in [1.54, 1.807) is 0 Å². The molecule has 88 valence electrons. The van der Waals surface area contributed by atoms with Crippen LogP contribution in [0.1, 0.15) is 45.1 Å². The molecule has 0 aliphatic heterocycles. The lowest BCUT2D eigenvalue weighted by atomic mass is 9.53. The first-order chi connectivity index (χ1) is 7.55. The van der Waals surface area contributed by atoms with Gasteiger partial charge in [-0.1, -0.05) is 60.8 Å². The summed E-state index contributed by atoms with van der Waals surface area (Å²) in [5, 5.41) is 0. The van der Waals surface area contributed by atoms with Crippen LogP contribution in [0, 0.1) is 5.41 Å². The second-order valence-electron chi connectivity index (χ2n) is 5.20. The molecule has 1 saturated carbocycles. The molecular weight excluding hydrogens is 262 g/mol. The van der Waals surface area contributed by atoms with Crippen LogP contribution in [-0.2, 0) is 5.54 Å². The SMILES string of the molecule is CCC1(CC)CC(N)(c2ccccc2Br)C1. The summed E-state index contributed by atoms with van der Waals surface area (Å²) in [7, 11) is 0. The Balaban J connectivity index is 2.22. The number of nitrogens with two attached hydrogens (primary N) is 1. The first-order valence-electron chi connectivity index (χ1n) is 6.09. The minimum Gasteiger partial charge on any atom is -0.321 e. The number of halogens is 1. The van der Waals surface area contributed by atoms with E-state index < -0.39 is 0 Å². The molecule has 16 heavy (non-hydrogen) atoms. The van der Waals surface area contributed by atoms with Gasteiger partial charge in [0.2, 0.25) is 0 Å². The Hall–Kier alpha value is -0.340. The average molecular weight is 282 g/mol. The molecule has 0 bridgehead atoms. The lowest BCUT2D eigenvalue weighted by Crippen LogP contribution is -2.55. The summed E-state index contributed by atoms with van der Waals surface area (Å²) in [6, 6.07) is 8.36. The second kappa shape index (κ2) is 4.15. The molecule has 1 aliphatic carbocycles. The summed E-state index contributed by atoms with van der Waals surface area (Å²) in [6.07, 6.45) is 4.73. The summed E-state index contributed by atoms with van der Waals surface area (Å²) in [4.78, 5) is 0. The fraction of sp³-hybridized carbons (Fsp3) is 0.571. The summed E-state index contributed by atoms with van der Waals surface area (Å²) in [5.41, 5.74) is 8.18. The van der Waals surface area contributed by atoms with Crippen LogP contribution in [0.4, 0.5) is 0 Å². The van der Waals surface area contributed by atoms with Crippen LogP contribution in [0.25, 0.3) is 0 Å². The van der Waals surface area contributed by atoms with Gasteiger partial charge in [0, 0.05) is 10.0 Å². The maximum absolute atomic E-state index is 6.52. The van der Waals surface area contributed by atoms with Crippen molar-refractivity contribution < 1.29 is 0 Å². The zero-order valence-corrected chi connectivity index (χ0v) is 11.7. The molecule has 0 amide bonds. The van der Waals surface area contributed by atoms with Crippen molar-refractivity contribution >= 4 is 15.9 Å². The van der Waals surface area contributed by atoms with E-state index in [1.807, 2.05) is 6.07 Å². The van der Waals surface area contributed by atoms with Crippen molar-refractivity contribution in [2.45, 2.75) is 45.1 Å². The molecule has 2 heteroatoms. The topological polar surface area (TPSA) is 26.0 Å². The van der Waals surface area contributed by atoms with E-state index in [-0.39, 0.29) is 5.54 Å². The third-order valence-corrected chi connectivity index (χ3v) is 4.98. The molecule has 0 heterocycles. The molecule has 2 N–H and O–H groups in total. The van der Waals surface area contributed by atoms with Gasteiger partial charge >= 0.3 is 0 Å². The average Bonchev–Trinajstić information content (AvgIpc) is 2.25. The predicted molar refractivity (Wildman–Crippen MR) is 72.3 cm³/mol. The Morgan fingerprint density at radius 1 is 1.19 bits per heavy atom. The monoisotopic (exact) mass is 281 g/mol. The van der Waals surface area contributed by atoms with E-state index in [2.05, 4.69) is 48.0 Å². The minimum absolute atomic E-state index is 0.105. The molecule has 1 nitrogen and oxygen atoms in total. The van der Waals surface area contributed by atoms with Crippen LogP contribution < -0.4 is 5.73 Å². The van der Waals surface area contributed by atoms with Crippen LogP contribution in [-0.4, -0.2) is 0 Å². The van der Waals surface area contributed by atoms with E-state index >= 15 is 0 Å². The molecule has 0 saturated heterocycles. The lowest BCUT2D eigenvalue weighted by molar-refractivity contribution is 0.0162. The standard InChI is InChI=1S/C14H20BrN/c1-3-13(4-2)9-14(16,10-13)11-7-5-6-8-12(11)15/h5-8H,3-4,9-10,16H2,1-2H3. The zero-order chi connectivity index (χ0) is 11.8. The van der Waals surface area contributed by atoms with Gasteiger partial charge in [-0.25, -0.2) is 0 Å². The van der Waals surface area contributed by atoms with Gasteiger partial charge in [-0.15, -0.1) is 0 Å². The summed E-state index contributed by atoms with van der Waals surface area (Å²) in [6.45, 7) is 4.56. The molecule has 0 atom stereocenters. The van der Waals surface area contributed by atoms with Crippen LogP contribution in [0.15, 0.2) is 28.7 Å². The minimum atomic E-state index is -0.105. The Morgan fingerprint density at radius 2 is 1.75 bits per heavy atom. The fourth-order valence-corrected chi connectivity index (χ4v) is 3.77. The van der Waals surface area contributed by atoms with Crippen molar-refractivity contribution in [3.63, 3.8) is 0 Å². The van der Waals surface area contributed by atoms with Gasteiger partial charge < -0.3 is 5.73 Å². The van der Waals surface area contributed by atoms with Gasteiger partial charge in [-0.3, -0.25) is 0 Å². The Bertz CT molecular complexity index is 374. The van der Waals surface area contributed by atoms with Crippen molar-refractivity contribution in [1.29, 1.82) is 0 Å². The normalized spacial score (nSPS) is 21.5. The molecule has 0 unspecified atom stereocenters. The Kier molecular flexibility index (Phi) is 3.15. The van der Waals surface area contributed by atoms with Gasteiger partial charge in [-0.05, 0) is 29.9 Å². The summed E-state index contributed by atoms with van der Waals surface area (Å²) in [5.74, 6) is 0. The van der Waals surface area contributed by atoms with Crippen molar-refractivity contribution in [2.24, 2.45) is 11.1 Å².